The van der Waals surface area contributed by atoms with Crippen molar-refractivity contribution < 1.29 is 0 Å². The largest absolute Gasteiger partial charge is 0.310 e. The Hall–Kier alpha value is -7.68. The summed E-state index contributed by atoms with van der Waals surface area (Å²) in [5, 5.41) is 7.34. The van der Waals surface area contributed by atoms with E-state index in [-0.39, 0.29) is 0 Å². The standard InChI is InChI=1S/C56H38N2/c1-4-13-39(14-5-1)41-17-12-20-50(36-41)57(52-31-32-56-54(38-52)53-21-10-11-22-55(53)58(56)49-18-8-3-9-19-49)51-30-29-47-35-46(27-28-48(47)37-51)45-26-25-43-33-42(23-24-44(43)34-45)40-15-6-2-7-16-40/h1-38H. The highest BCUT2D eigenvalue weighted by Crippen LogP contribution is 2.42. The van der Waals surface area contributed by atoms with Gasteiger partial charge in [-0.15, -0.1) is 0 Å². The Morgan fingerprint density at radius 2 is 0.707 bits per heavy atom. The fraction of sp³-hybridized carbons (Fsp3) is 0. The van der Waals surface area contributed by atoms with E-state index in [1.165, 1.54) is 76.7 Å². The Balaban J connectivity index is 1.02. The summed E-state index contributed by atoms with van der Waals surface area (Å²) in [5.74, 6) is 0. The third-order valence-electron chi connectivity index (χ3n) is 11.5. The second kappa shape index (κ2) is 14.1. The van der Waals surface area contributed by atoms with Crippen molar-refractivity contribution in [3.05, 3.63) is 231 Å². The predicted molar refractivity (Wildman–Crippen MR) is 247 cm³/mol. The Labute approximate surface area is 338 Å². The topological polar surface area (TPSA) is 8.17 Å². The van der Waals surface area contributed by atoms with Crippen molar-refractivity contribution in [2.45, 2.75) is 0 Å². The minimum absolute atomic E-state index is 1.11. The number of fused-ring (bicyclic) bond motifs is 5. The highest BCUT2D eigenvalue weighted by molar-refractivity contribution is 6.11. The first-order valence-corrected chi connectivity index (χ1v) is 19.9. The van der Waals surface area contributed by atoms with Crippen LogP contribution >= 0.6 is 0 Å². The molecule has 0 bridgehead atoms. The molecule has 0 radical (unpaired) electrons. The van der Waals surface area contributed by atoms with Crippen molar-refractivity contribution in [2.75, 3.05) is 4.90 Å². The van der Waals surface area contributed by atoms with Crippen LogP contribution in [0.2, 0.25) is 0 Å². The van der Waals surface area contributed by atoms with Crippen LogP contribution in [-0.4, -0.2) is 4.57 Å². The molecule has 2 nitrogen and oxygen atoms in total. The van der Waals surface area contributed by atoms with E-state index in [9.17, 15) is 0 Å². The zero-order chi connectivity index (χ0) is 38.4. The van der Waals surface area contributed by atoms with Gasteiger partial charge >= 0.3 is 0 Å². The van der Waals surface area contributed by atoms with Gasteiger partial charge in [0.2, 0.25) is 0 Å². The van der Waals surface area contributed by atoms with E-state index in [2.05, 4.69) is 240 Å². The summed E-state index contributed by atoms with van der Waals surface area (Å²) in [6, 6.07) is 83.7. The Morgan fingerprint density at radius 1 is 0.259 bits per heavy atom. The molecular formula is C56H38N2. The normalized spacial score (nSPS) is 11.4. The van der Waals surface area contributed by atoms with E-state index in [1.807, 2.05) is 0 Å². The lowest BCUT2D eigenvalue weighted by Crippen LogP contribution is -2.10. The number of anilines is 3. The molecule has 272 valence electrons. The predicted octanol–water partition coefficient (Wildman–Crippen LogP) is 15.6. The lowest BCUT2D eigenvalue weighted by Gasteiger charge is -2.26. The van der Waals surface area contributed by atoms with Crippen molar-refractivity contribution in [1.29, 1.82) is 0 Å². The van der Waals surface area contributed by atoms with Crippen molar-refractivity contribution in [3.63, 3.8) is 0 Å². The smallest absolute Gasteiger partial charge is 0.0542 e. The van der Waals surface area contributed by atoms with E-state index in [0.29, 0.717) is 0 Å². The maximum Gasteiger partial charge on any atom is 0.0542 e. The zero-order valence-corrected chi connectivity index (χ0v) is 31.8. The number of benzene rings is 10. The highest BCUT2D eigenvalue weighted by atomic mass is 15.1. The Bertz CT molecular complexity index is 3270. The molecule has 1 heterocycles. The Kier molecular flexibility index (Phi) is 8.19. The van der Waals surface area contributed by atoms with Crippen LogP contribution in [0.1, 0.15) is 0 Å². The van der Waals surface area contributed by atoms with Crippen LogP contribution in [0.4, 0.5) is 17.1 Å². The van der Waals surface area contributed by atoms with Crippen LogP contribution in [0.5, 0.6) is 0 Å². The second-order valence-corrected chi connectivity index (χ2v) is 15.0. The summed E-state index contributed by atoms with van der Waals surface area (Å²) in [7, 11) is 0. The average Bonchev–Trinajstić information content (AvgIpc) is 3.63. The van der Waals surface area contributed by atoms with Gasteiger partial charge in [-0.25, -0.2) is 0 Å². The van der Waals surface area contributed by atoms with E-state index < -0.39 is 0 Å². The van der Waals surface area contributed by atoms with E-state index in [1.54, 1.807) is 0 Å². The van der Waals surface area contributed by atoms with Crippen LogP contribution < -0.4 is 4.90 Å². The monoisotopic (exact) mass is 738 g/mol. The van der Waals surface area contributed by atoms with Gasteiger partial charge in [0.05, 0.1) is 11.0 Å². The van der Waals surface area contributed by atoms with Gasteiger partial charge in [0, 0.05) is 33.5 Å². The molecule has 0 spiro atoms. The minimum atomic E-state index is 1.11. The van der Waals surface area contributed by atoms with E-state index in [0.717, 1.165) is 22.7 Å². The molecule has 0 saturated heterocycles. The van der Waals surface area contributed by atoms with E-state index >= 15 is 0 Å². The number of rotatable bonds is 7. The van der Waals surface area contributed by atoms with Gasteiger partial charge in [-0.2, -0.15) is 0 Å². The summed E-state index contributed by atoms with van der Waals surface area (Å²) in [6.07, 6.45) is 0. The fourth-order valence-corrected chi connectivity index (χ4v) is 8.64. The second-order valence-electron chi connectivity index (χ2n) is 15.0. The van der Waals surface area contributed by atoms with Gasteiger partial charge in [0.15, 0.2) is 0 Å². The van der Waals surface area contributed by atoms with Gasteiger partial charge in [-0.3, -0.25) is 0 Å². The molecule has 0 aliphatic rings. The molecule has 0 aliphatic carbocycles. The molecule has 0 amide bonds. The number of aromatic nitrogens is 1. The van der Waals surface area contributed by atoms with Crippen molar-refractivity contribution in [2.24, 2.45) is 0 Å². The Morgan fingerprint density at radius 3 is 1.36 bits per heavy atom. The third-order valence-corrected chi connectivity index (χ3v) is 11.5. The molecule has 0 unspecified atom stereocenters. The fourth-order valence-electron chi connectivity index (χ4n) is 8.64. The molecule has 10 aromatic carbocycles. The molecule has 0 N–H and O–H groups in total. The first kappa shape index (κ1) is 33.6. The van der Waals surface area contributed by atoms with Crippen LogP contribution in [0.3, 0.4) is 0 Å². The van der Waals surface area contributed by atoms with Crippen LogP contribution in [0.25, 0.3) is 82.4 Å². The van der Waals surface area contributed by atoms with Crippen LogP contribution in [0.15, 0.2) is 231 Å². The molecule has 2 heteroatoms. The summed E-state index contributed by atoms with van der Waals surface area (Å²) in [6.45, 7) is 0. The SMILES string of the molecule is c1ccc(-c2cccc(N(c3ccc4cc(-c5ccc6cc(-c7ccccc7)ccc6c5)ccc4c3)c3ccc4c(c3)c3ccccc3n4-c3ccccc3)c2)cc1. The lowest BCUT2D eigenvalue weighted by atomic mass is 9.96. The van der Waals surface area contributed by atoms with Crippen molar-refractivity contribution in [1.82, 2.24) is 4.57 Å². The summed E-state index contributed by atoms with van der Waals surface area (Å²) in [4.78, 5) is 2.40. The van der Waals surface area contributed by atoms with Gasteiger partial charge in [-0.1, -0.05) is 152 Å². The number of para-hydroxylation sites is 2. The molecule has 11 rings (SSSR count). The summed E-state index contributed by atoms with van der Waals surface area (Å²) < 4.78 is 2.37. The molecule has 0 saturated carbocycles. The molecule has 58 heavy (non-hydrogen) atoms. The third kappa shape index (κ3) is 6.00. The van der Waals surface area contributed by atoms with Gasteiger partial charge in [0.1, 0.15) is 0 Å². The number of hydrogen-bond acceptors (Lipinski definition) is 1. The van der Waals surface area contributed by atoms with Gasteiger partial charge in [0.25, 0.3) is 0 Å². The van der Waals surface area contributed by atoms with Crippen LogP contribution in [0, 0.1) is 0 Å². The van der Waals surface area contributed by atoms with Crippen molar-refractivity contribution >= 4 is 60.4 Å². The van der Waals surface area contributed by atoms with Crippen LogP contribution in [-0.2, 0) is 0 Å². The lowest BCUT2D eigenvalue weighted by molar-refractivity contribution is 1.18. The molecular weight excluding hydrogens is 701 g/mol. The maximum absolute atomic E-state index is 2.40. The molecule has 1 aromatic heterocycles. The molecule has 0 atom stereocenters. The van der Waals surface area contributed by atoms with Crippen molar-refractivity contribution in [3.8, 4) is 39.1 Å². The quantitative estimate of drug-likeness (QED) is 0.158. The van der Waals surface area contributed by atoms with Gasteiger partial charge < -0.3 is 9.47 Å². The first-order chi connectivity index (χ1) is 28.7. The summed E-state index contributed by atoms with van der Waals surface area (Å²) in [5.41, 5.74) is 14.1. The van der Waals surface area contributed by atoms with Gasteiger partial charge in [-0.05, 0) is 134 Å². The molecule has 11 aromatic rings. The number of hydrogen-bond donors (Lipinski definition) is 0. The molecule has 0 aliphatic heterocycles. The number of nitrogens with zero attached hydrogens (tertiary/aromatic N) is 2. The molecule has 0 fully saturated rings. The zero-order valence-electron chi connectivity index (χ0n) is 31.8. The average molecular weight is 739 g/mol. The highest BCUT2D eigenvalue weighted by Gasteiger charge is 2.18. The minimum Gasteiger partial charge on any atom is -0.310 e. The summed E-state index contributed by atoms with van der Waals surface area (Å²) >= 11 is 0. The van der Waals surface area contributed by atoms with E-state index in [4.69, 9.17) is 0 Å². The maximum atomic E-state index is 2.40. The first-order valence-electron chi connectivity index (χ1n) is 19.9.